The van der Waals surface area contributed by atoms with Gasteiger partial charge in [-0.2, -0.15) is 0 Å². The first-order valence-electron chi connectivity index (χ1n) is 6.08. The van der Waals surface area contributed by atoms with Crippen molar-refractivity contribution >= 4 is 0 Å². The molecule has 88 valence electrons. The number of aryl methyl sites for hydroxylation is 1. The van der Waals surface area contributed by atoms with Gasteiger partial charge in [0, 0.05) is 24.2 Å². The monoisotopic (exact) mass is 230 g/mol. The molecule has 1 unspecified atom stereocenters. The van der Waals surface area contributed by atoms with E-state index in [-0.39, 0.29) is 5.82 Å². The molecule has 0 saturated heterocycles. The molecule has 0 aliphatic carbocycles. The molecule has 0 radical (unpaired) electrons. The molecular formula is C14H15FN2. The van der Waals surface area contributed by atoms with E-state index in [9.17, 15) is 4.39 Å². The molecule has 1 aliphatic heterocycles. The lowest BCUT2D eigenvalue weighted by Crippen LogP contribution is -2.14. The van der Waals surface area contributed by atoms with Gasteiger partial charge in [0.2, 0.25) is 0 Å². The Morgan fingerprint density at radius 3 is 2.76 bits per heavy atom. The van der Waals surface area contributed by atoms with Crippen molar-refractivity contribution in [3.05, 3.63) is 42.1 Å². The van der Waals surface area contributed by atoms with Crippen molar-refractivity contribution in [3.8, 4) is 11.3 Å². The highest BCUT2D eigenvalue weighted by molar-refractivity contribution is 5.58. The van der Waals surface area contributed by atoms with Crippen molar-refractivity contribution in [1.82, 2.24) is 9.55 Å². The molecule has 17 heavy (non-hydrogen) atoms. The lowest BCUT2D eigenvalue weighted by molar-refractivity contribution is 0.426. The first-order valence-corrected chi connectivity index (χ1v) is 6.08. The Labute approximate surface area is 100 Å². The maximum absolute atomic E-state index is 12.9. The van der Waals surface area contributed by atoms with E-state index in [0.717, 1.165) is 23.5 Å². The Hall–Kier alpha value is -1.64. The van der Waals surface area contributed by atoms with E-state index in [1.54, 1.807) is 12.1 Å². The number of imidazole rings is 1. The van der Waals surface area contributed by atoms with Crippen LogP contribution in [0.1, 0.15) is 31.6 Å². The average Bonchev–Trinajstić information content (AvgIpc) is 2.75. The molecule has 3 rings (SSSR count). The molecule has 3 heteroatoms. The van der Waals surface area contributed by atoms with Gasteiger partial charge in [0.15, 0.2) is 0 Å². The molecule has 0 N–H and O–H groups in total. The van der Waals surface area contributed by atoms with Crippen molar-refractivity contribution in [1.29, 1.82) is 0 Å². The van der Waals surface area contributed by atoms with Crippen LogP contribution in [0, 0.1) is 5.82 Å². The number of nitrogens with zero attached hydrogens (tertiary/aromatic N) is 2. The summed E-state index contributed by atoms with van der Waals surface area (Å²) >= 11 is 0. The van der Waals surface area contributed by atoms with E-state index in [4.69, 9.17) is 0 Å². The summed E-state index contributed by atoms with van der Waals surface area (Å²) in [5.74, 6) is 0.953. The number of fused-ring (bicyclic) bond motifs is 1. The minimum Gasteiger partial charge on any atom is -0.331 e. The quantitative estimate of drug-likeness (QED) is 0.732. The maximum Gasteiger partial charge on any atom is 0.123 e. The van der Waals surface area contributed by atoms with Crippen molar-refractivity contribution in [2.24, 2.45) is 0 Å². The van der Waals surface area contributed by atoms with E-state index in [1.807, 2.05) is 0 Å². The summed E-state index contributed by atoms with van der Waals surface area (Å²) < 4.78 is 15.1. The summed E-state index contributed by atoms with van der Waals surface area (Å²) in [6, 6.07) is 7.07. The Kier molecular flexibility index (Phi) is 2.46. The van der Waals surface area contributed by atoms with Crippen LogP contribution in [-0.2, 0) is 6.42 Å². The van der Waals surface area contributed by atoms with Gasteiger partial charge in [-0.1, -0.05) is 0 Å². The van der Waals surface area contributed by atoms with Crippen LogP contribution in [0.15, 0.2) is 30.5 Å². The van der Waals surface area contributed by atoms with Crippen molar-refractivity contribution in [2.45, 2.75) is 32.2 Å². The van der Waals surface area contributed by atoms with Gasteiger partial charge in [-0.05, 0) is 44.0 Å². The van der Waals surface area contributed by atoms with Crippen LogP contribution >= 0.6 is 0 Å². The van der Waals surface area contributed by atoms with Crippen molar-refractivity contribution in [2.75, 3.05) is 0 Å². The molecular weight excluding hydrogens is 215 g/mol. The second-order valence-corrected chi connectivity index (χ2v) is 4.70. The molecule has 1 atom stereocenters. The topological polar surface area (TPSA) is 17.8 Å². The fourth-order valence-electron chi connectivity index (χ4n) is 2.45. The minimum absolute atomic E-state index is 0.203. The van der Waals surface area contributed by atoms with Crippen LogP contribution in [0.4, 0.5) is 4.39 Å². The molecule has 1 aliphatic rings. The normalized spacial score (nSPS) is 19.1. The molecule has 2 heterocycles. The third kappa shape index (κ3) is 1.86. The van der Waals surface area contributed by atoms with Crippen LogP contribution < -0.4 is 0 Å². The van der Waals surface area contributed by atoms with Crippen molar-refractivity contribution < 1.29 is 4.39 Å². The number of benzene rings is 1. The molecule has 0 spiro atoms. The molecule has 0 amide bonds. The van der Waals surface area contributed by atoms with Gasteiger partial charge in [-0.3, -0.25) is 0 Å². The minimum atomic E-state index is -0.203. The summed E-state index contributed by atoms with van der Waals surface area (Å²) in [6.07, 6.45) is 5.56. The molecule has 0 fully saturated rings. The zero-order valence-corrected chi connectivity index (χ0v) is 9.86. The third-order valence-electron chi connectivity index (χ3n) is 3.45. The number of rotatable bonds is 1. The van der Waals surface area contributed by atoms with E-state index in [2.05, 4.69) is 22.7 Å². The SMILES string of the molecule is CC1CCCc2nc(-c3ccc(F)cc3)cn21. The van der Waals surface area contributed by atoms with Crippen LogP contribution in [0.25, 0.3) is 11.3 Å². The predicted molar refractivity (Wildman–Crippen MR) is 65.3 cm³/mol. The van der Waals surface area contributed by atoms with Gasteiger partial charge in [0.1, 0.15) is 11.6 Å². The van der Waals surface area contributed by atoms with Gasteiger partial charge in [0.25, 0.3) is 0 Å². The van der Waals surface area contributed by atoms with E-state index >= 15 is 0 Å². The highest BCUT2D eigenvalue weighted by Crippen LogP contribution is 2.28. The summed E-state index contributed by atoms with van der Waals surface area (Å²) in [5, 5.41) is 0. The third-order valence-corrected chi connectivity index (χ3v) is 3.45. The largest absolute Gasteiger partial charge is 0.331 e. The van der Waals surface area contributed by atoms with Gasteiger partial charge < -0.3 is 4.57 Å². The number of halogens is 1. The van der Waals surface area contributed by atoms with Crippen LogP contribution in [0.2, 0.25) is 0 Å². The fraction of sp³-hybridized carbons (Fsp3) is 0.357. The maximum atomic E-state index is 12.9. The smallest absolute Gasteiger partial charge is 0.123 e. The average molecular weight is 230 g/mol. The highest BCUT2D eigenvalue weighted by Gasteiger charge is 2.18. The summed E-state index contributed by atoms with van der Waals surface area (Å²) in [4.78, 5) is 4.64. The Bertz CT molecular complexity index is 528. The zero-order chi connectivity index (χ0) is 11.8. The van der Waals surface area contributed by atoms with Crippen LogP contribution in [-0.4, -0.2) is 9.55 Å². The van der Waals surface area contributed by atoms with Gasteiger partial charge in [-0.25, -0.2) is 9.37 Å². The molecule has 0 saturated carbocycles. The number of hydrogen-bond acceptors (Lipinski definition) is 1. The highest BCUT2D eigenvalue weighted by atomic mass is 19.1. The molecule has 1 aromatic heterocycles. The first-order chi connectivity index (χ1) is 8.24. The second-order valence-electron chi connectivity index (χ2n) is 4.70. The summed E-state index contributed by atoms with van der Waals surface area (Å²) in [5.41, 5.74) is 1.94. The molecule has 2 aromatic rings. The lowest BCUT2D eigenvalue weighted by Gasteiger charge is -2.20. The van der Waals surface area contributed by atoms with E-state index in [0.29, 0.717) is 6.04 Å². The van der Waals surface area contributed by atoms with Gasteiger partial charge >= 0.3 is 0 Å². The molecule has 1 aromatic carbocycles. The molecule has 2 nitrogen and oxygen atoms in total. The van der Waals surface area contributed by atoms with Gasteiger partial charge in [-0.15, -0.1) is 0 Å². The van der Waals surface area contributed by atoms with Crippen molar-refractivity contribution in [3.63, 3.8) is 0 Å². The Balaban J connectivity index is 2.02. The van der Waals surface area contributed by atoms with E-state index < -0.39 is 0 Å². The summed E-state index contributed by atoms with van der Waals surface area (Å²) in [7, 11) is 0. The van der Waals surface area contributed by atoms with Gasteiger partial charge in [0.05, 0.1) is 5.69 Å². The van der Waals surface area contributed by atoms with Crippen LogP contribution in [0.3, 0.4) is 0 Å². The van der Waals surface area contributed by atoms with E-state index in [1.165, 1.54) is 25.0 Å². The standard InChI is InChI=1S/C14H15FN2/c1-10-3-2-4-14-16-13(9-17(10)14)11-5-7-12(15)8-6-11/h5-10H,2-4H2,1H3. The second kappa shape index (κ2) is 3.99. The first kappa shape index (κ1) is 10.5. The molecule has 0 bridgehead atoms. The predicted octanol–water partition coefficient (Wildman–Crippen LogP) is 3.59. The lowest BCUT2D eigenvalue weighted by atomic mass is 10.1. The fourth-order valence-corrected chi connectivity index (χ4v) is 2.45. The Morgan fingerprint density at radius 2 is 2.06 bits per heavy atom. The number of aromatic nitrogens is 2. The number of hydrogen-bond donors (Lipinski definition) is 0. The zero-order valence-electron chi connectivity index (χ0n) is 9.86. The van der Waals surface area contributed by atoms with Crippen LogP contribution in [0.5, 0.6) is 0 Å². The Morgan fingerprint density at radius 1 is 1.29 bits per heavy atom. The summed E-state index contributed by atoms with van der Waals surface area (Å²) in [6.45, 7) is 2.22.